The smallest absolute Gasteiger partial charge is 0.0745 e. The maximum Gasteiger partial charge on any atom is 0.0745 e. The highest BCUT2D eigenvalue weighted by atomic mass is 16.4. The van der Waals surface area contributed by atoms with Gasteiger partial charge in [0.25, 0.3) is 0 Å². The third kappa shape index (κ3) is 4.78. The van der Waals surface area contributed by atoms with Crippen LogP contribution >= 0.6 is 0 Å². The normalized spacial score (nSPS) is 29.0. The van der Waals surface area contributed by atoms with Gasteiger partial charge in [-0.1, -0.05) is 35.9 Å². The Morgan fingerprint density at radius 3 is 2.25 bits per heavy atom. The average molecular weight is 276 g/mol. The number of hydrogen-bond acceptors (Lipinski definition) is 3. The van der Waals surface area contributed by atoms with Gasteiger partial charge in [0.05, 0.1) is 11.8 Å². The number of nitrogens with zero attached hydrogens (tertiary/aromatic N) is 2. The Labute approximate surface area is 123 Å². The van der Waals surface area contributed by atoms with Gasteiger partial charge < -0.3 is 5.21 Å². The Balaban J connectivity index is 2.05. The molecule has 112 valence electrons. The summed E-state index contributed by atoms with van der Waals surface area (Å²) in [5.74, 6) is 0. The van der Waals surface area contributed by atoms with E-state index in [1.165, 1.54) is 19.3 Å². The molecule has 1 saturated heterocycles. The predicted molar refractivity (Wildman–Crippen MR) is 84.4 cm³/mol. The van der Waals surface area contributed by atoms with Gasteiger partial charge in [0.1, 0.15) is 0 Å². The third-order valence-corrected chi connectivity index (χ3v) is 4.35. The van der Waals surface area contributed by atoms with Gasteiger partial charge >= 0.3 is 0 Å². The number of allylic oxidation sites excluding steroid dienone is 4. The van der Waals surface area contributed by atoms with Crippen molar-refractivity contribution in [2.75, 3.05) is 13.1 Å². The van der Waals surface area contributed by atoms with E-state index in [0.717, 1.165) is 57.3 Å². The van der Waals surface area contributed by atoms with E-state index in [4.69, 9.17) is 0 Å². The summed E-state index contributed by atoms with van der Waals surface area (Å²) in [4.78, 5) is 2.53. The first-order valence-corrected chi connectivity index (χ1v) is 8.16. The van der Waals surface area contributed by atoms with Gasteiger partial charge in [0, 0.05) is 0 Å². The highest BCUT2D eigenvalue weighted by Gasteiger charge is 2.24. The second kappa shape index (κ2) is 8.96. The molecule has 1 heterocycles. The first kappa shape index (κ1) is 15.3. The first-order chi connectivity index (χ1) is 9.92. The maximum atomic E-state index is 9.42. The van der Waals surface area contributed by atoms with Crippen LogP contribution in [0.4, 0.5) is 0 Å². The molecule has 1 N–H and O–H groups in total. The van der Waals surface area contributed by atoms with E-state index >= 15 is 0 Å². The molecule has 0 amide bonds. The molecule has 1 unspecified atom stereocenters. The van der Waals surface area contributed by atoms with E-state index in [1.54, 1.807) is 0 Å². The summed E-state index contributed by atoms with van der Waals surface area (Å²) in [6, 6.07) is 0.331. The van der Waals surface area contributed by atoms with E-state index < -0.39 is 0 Å². The van der Waals surface area contributed by atoms with Crippen LogP contribution in [0, 0.1) is 0 Å². The molecule has 2 rings (SSSR count). The molecule has 3 nitrogen and oxygen atoms in total. The summed E-state index contributed by atoms with van der Waals surface area (Å²) in [7, 11) is 0. The minimum absolute atomic E-state index is 0.331. The number of hydrogen-bond donors (Lipinski definition) is 1. The van der Waals surface area contributed by atoms with Gasteiger partial charge in [0.15, 0.2) is 0 Å². The van der Waals surface area contributed by atoms with E-state index in [9.17, 15) is 5.21 Å². The molecule has 0 bridgehead atoms. The van der Waals surface area contributed by atoms with Gasteiger partial charge in [-0.3, -0.25) is 4.90 Å². The lowest BCUT2D eigenvalue weighted by atomic mass is 9.97. The zero-order chi connectivity index (χ0) is 14.0. The van der Waals surface area contributed by atoms with E-state index in [0.29, 0.717) is 6.04 Å². The van der Waals surface area contributed by atoms with Crippen molar-refractivity contribution >= 4 is 5.71 Å². The van der Waals surface area contributed by atoms with Crippen LogP contribution in [-0.4, -0.2) is 35.0 Å². The lowest BCUT2D eigenvalue weighted by Gasteiger charge is -2.34. The van der Waals surface area contributed by atoms with Crippen molar-refractivity contribution in [3.05, 3.63) is 24.3 Å². The molecule has 0 saturated carbocycles. The standard InChI is InChI=1S/C17H28N2O/c20-18-16-12-8-5-3-1-2-4-6-9-13-17(16)19-14-10-7-11-15-19/h3-6,17,20H,1-2,7-15H2. The number of rotatable bonds is 1. The quantitative estimate of drug-likeness (QED) is 0.444. The van der Waals surface area contributed by atoms with Crippen molar-refractivity contribution in [2.45, 2.75) is 63.8 Å². The molecular formula is C17H28N2O. The van der Waals surface area contributed by atoms with Crippen molar-refractivity contribution < 1.29 is 5.21 Å². The van der Waals surface area contributed by atoms with Crippen molar-refractivity contribution in [2.24, 2.45) is 5.16 Å². The zero-order valence-electron chi connectivity index (χ0n) is 12.5. The monoisotopic (exact) mass is 276 g/mol. The summed E-state index contributed by atoms with van der Waals surface area (Å²) in [6.07, 6.45) is 19.3. The fraction of sp³-hybridized carbons (Fsp3) is 0.706. The van der Waals surface area contributed by atoms with Crippen molar-refractivity contribution in [3.8, 4) is 0 Å². The van der Waals surface area contributed by atoms with Crippen LogP contribution in [0.25, 0.3) is 0 Å². The van der Waals surface area contributed by atoms with Gasteiger partial charge in [-0.25, -0.2) is 0 Å². The summed E-state index contributed by atoms with van der Waals surface area (Å²) in [5, 5.41) is 13.1. The summed E-state index contributed by atoms with van der Waals surface area (Å²) in [5.41, 5.74) is 0.977. The molecule has 1 atom stereocenters. The number of likely N-dealkylation sites (tertiary alicyclic amines) is 1. The molecule has 1 aliphatic carbocycles. The molecular weight excluding hydrogens is 248 g/mol. The molecule has 3 heteroatoms. The molecule has 0 radical (unpaired) electrons. The Bertz CT molecular complexity index is 354. The molecule has 2 aliphatic rings. The molecule has 0 aromatic carbocycles. The Morgan fingerprint density at radius 2 is 1.55 bits per heavy atom. The van der Waals surface area contributed by atoms with Crippen LogP contribution in [0.15, 0.2) is 29.5 Å². The van der Waals surface area contributed by atoms with Crippen LogP contribution in [0.1, 0.15) is 57.8 Å². The first-order valence-electron chi connectivity index (χ1n) is 8.16. The van der Waals surface area contributed by atoms with Gasteiger partial charge in [-0.2, -0.15) is 0 Å². The Hall–Kier alpha value is -1.09. The summed E-state index contributed by atoms with van der Waals surface area (Å²) >= 11 is 0. The van der Waals surface area contributed by atoms with Gasteiger partial charge in [-0.15, -0.1) is 0 Å². The van der Waals surface area contributed by atoms with Crippen LogP contribution in [-0.2, 0) is 0 Å². The maximum absolute atomic E-state index is 9.42. The van der Waals surface area contributed by atoms with Crippen LogP contribution in [0.3, 0.4) is 0 Å². The van der Waals surface area contributed by atoms with Crippen molar-refractivity contribution in [1.29, 1.82) is 0 Å². The molecule has 0 aromatic heterocycles. The third-order valence-electron chi connectivity index (χ3n) is 4.35. The molecule has 0 spiro atoms. The molecule has 0 aromatic rings. The topological polar surface area (TPSA) is 35.8 Å². The molecule has 1 fully saturated rings. The van der Waals surface area contributed by atoms with E-state index in [1.807, 2.05) is 0 Å². The summed E-state index contributed by atoms with van der Waals surface area (Å²) < 4.78 is 0. The fourth-order valence-corrected chi connectivity index (χ4v) is 3.22. The largest absolute Gasteiger partial charge is 0.411 e. The fourth-order valence-electron chi connectivity index (χ4n) is 3.22. The van der Waals surface area contributed by atoms with Crippen LogP contribution in [0.2, 0.25) is 0 Å². The SMILES string of the molecule is ON=C1CCC=CCCC=CCCC1N1CCCCC1. The Kier molecular flexibility index (Phi) is 6.85. The van der Waals surface area contributed by atoms with Crippen molar-refractivity contribution in [1.82, 2.24) is 4.90 Å². The van der Waals surface area contributed by atoms with E-state index in [-0.39, 0.29) is 0 Å². The predicted octanol–water partition coefficient (Wildman–Crippen LogP) is 4.14. The van der Waals surface area contributed by atoms with Crippen LogP contribution < -0.4 is 0 Å². The minimum Gasteiger partial charge on any atom is -0.411 e. The van der Waals surface area contributed by atoms with Gasteiger partial charge in [0.2, 0.25) is 0 Å². The highest BCUT2D eigenvalue weighted by molar-refractivity contribution is 5.89. The van der Waals surface area contributed by atoms with Crippen LogP contribution in [0.5, 0.6) is 0 Å². The molecule has 1 aliphatic heterocycles. The average Bonchev–Trinajstić information content (AvgIpc) is 2.49. The second-order valence-corrected chi connectivity index (χ2v) is 5.84. The zero-order valence-corrected chi connectivity index (χ0v) is 12.5. The minimum atomic E-state index is 0.331. The Morgan fingerprint density at radius 1 is 0.900 bits per heavy atom. The number of piperidine rings is 1. The lowest BCUT2D eigenvalue weighted by Crippen LogP contribution is -2.44. The van der Waals surface area contributed by atoms with Crippen molar-refractivity contribution in [3.63, 3.8) is 0 Å². The number of oxime groups is 1. The van der Waals surface area contributed by atoms with E-state index in [2.05, 4.69) is 34.4 Å². The van der Waals surface area contributed by atoms with Gasteiger partial charge in [-0.05, 0) is 64.5 Å². The summed E-state index contributed by atoms with van der Waals surface area (Å²) in [6.45, 7) is 2.31. The second-order valence-electron chi connectivity index (χ2n) is 5.84. The lowest BCUT2D eigenvalue weighted by molar-refractivity contribution is 0.189. The molecule has 20 heavy (non-hydrogen) atoms. The highest BCUT2D eigenvalue weighted by Crippen LogP contribution is 2.19.